The fourth-order valence-corrected chi connectivity index (χ4v) is 2.44. The third-order valence-electron chi connectivity index (χ3n) is 2.09. The molecule has 1 nitrogen and oxygen atoms in total. The Morgan fingerprint density at radius 3 is 3.10 bits per heavy atom. The molecule has 0 spiro atoms. The average molecular weight is 156 g/mol. The first-order chi connectivity index (χ1) is 4.83. The van der Waals surface area contributed by atoms with Crippen LogP contribution in [-0.2, 0) is 4.74 Å². The van der Waals surface area contributed by atoms with Crippen molar-refractivity contribution in [3.05, 3.63) is 12.7 Å². The van der Waals surface area contributed by atoms with Gasteiger partial charge < -0.3 is 4.74 Å². The number of allylic oxidation sites excluding steroid dienone is 1. The van der Waals surface area contributed by atoms with E-state index in [4.69, 9.17) is 4.74 Å². The number of rotatable bonds is 2. The van der Waals surface area contributed by atoms with Crippen LogP contribution < -0.4 is 0 Å². The van der Waals surface area contributed by atoms with Crippen LogP contribution in [0.1, 0.15) is 19.3 Å². The van der Waals surface area contributed by atoms with Crippen LogP contribution >= 0.6 is 0 Å². The maximum Gasteiger partial charge on any atom is 0.0467 e. The summed E-state index contributed by atoms with van der Waals surface area (Å²) in [6.45, 7) is 4.73. The standard InChI is InChI=1S/C8H16OSi/c1-2-3-7-4-5-9-8(10)6-7/h2,7-8H,1,3-6H2,10H3. The SMILES string of the molecule is C=CCC1CCOC([SiH3])C1. The van der Waals surface area contributed by atoms with E-state index in [9.17, 15) is 0 Å². The van der Waals surface area contributed by atoms with Gasteiger partial charge in [-0.3, -0.25) is 0 Å². The fourth-order valence-electron chi connectivity index (χ4n) is 1.54. The molecule has 0 N–H and O–H groups in total. The molecule has 2 heteroatoms. The summed E-state index contributed by atoms with van der Waals surface area (Å²) in [5.74, 6) is 0.869. The van der Waals surface area contributed by atoms with E-state index < -0.39 is 0 Å². The van der Waals surface area contributed by atoms with Crippen molar-refractivity contribution < 1.29 is 4.74 Å². The molecule has 0 amide bonds. The summed E-state index contributed by atoms with van der Waals surface area (Å²) in [7, 11) is 1.19. The molecule has 2 atom stereocenters. The zero-order chi connectivity index (χ0) is 7.40. The van der Waals surface area contributed by atoms with Crippen LogP contribution in [-0.4, -0.2) is 22.6 Å². The van der Waals surface area contributed by atoms with E-state index in [1.54, 1.807) is 0 Å². The van der Waals surface area contributed by atoms with Crippen molar-refractivity contribution >= 4 is 10.2 Å². The van der Waals surface area contributed by atoms with Gasteiger partial charge >= 0.3 is 0 Å². The van der Waals surface area contributed by atoms with E-state index in [2.05, 4.69) is 6.58 Å². The summed E-state index contributed by atoms with van der Waals surface area (Å²) in [5, 5.41) is 0. The highest BCUT2D eigenvalue weighted by Gasteiger charge is 2.17. The smallest absolute Gasteiger partial charge is 0.0467 e. The van der Waals surface area contributed by atoms with Crippen molar-refractivity contribution in [2.45, 2.75) is 25.0 Å². The normalized spacial score (nSPS) is 34.0. The zero-order valence-corrected chi connectivity index (χ0v) is 8.68. The minimum Gasteiger partial charge on any atom is -0.383 e. The van der Waals surface area contributed by atoms with Crippen LogP contribution in [0.2, 0.25) is 0 Å². The largest absolute Gasteiger partial charge is 0.383 e. The van der Waals surface area contributed by atoms with Crippen LogP contribution in [0.25, 0.3) is 0 Å². The number of ether oxygens (including phenoxy) is 1. The molecule has 0 bridgehead atoms. The lowest BCUT2D eigenvalue weighted by Gasteiger charge is -2.26. The van der Waals surface area contributed by atoms with E-state index in [1.165, 1.54) is 29.5 Å². The van der Waals surface area contributed by atoms with Gasteiger partial charge in [-0.2, -0.15) is 0 Å². The lowest BCUT2D eigenvalue weighted by atomic mass is 9.97. The minimum absolute atomic E-state index is 0.610. The van der Waals surface area contributed by atoms with Gasteiger partial charge in [0, 0.05) is 22.6 Å². The monoisotopic (exact) mass is 156 g/mol. The van der Waals surface area contributed by atoms with Crippen molar-refractivity contribution in [1.82, 2.24) is 0 Å². The Morgan fingerprint density at radius 2 is 2.50 bits per heavy atom. The third-order valence-corrected chi connectivity index (χ3v) is 2.90. The molecule has 0 aromatic rings. The zero-order valence-electron chi connectivity index (χ0n) is 6.68. The Bertz CT molecular complexity index is 114. The van der Waals surface area contributed by atoms with Gasteiger partial charge in [0.25, 0.3) is 0 Å². The molecule has 1 rings (SSSR count). The summed E-state index contributed by atoms with van der Waals surface area (Å²) in [6.07, 6.45) is 5.73. The van der Waals surface area contributed by atoms with E-state index in [1.807, 2.05) is 6.08 Å². The van der Waals surface area contributed by atoms with E-state index >= 15 is 0 Å². The molecule has 0 saturated carbocycles. The summed E-state index contributed by atoms with van der Waals surface area (Å²) in [5.41, 5.74) is 0.610. The highest BCUT2D eigenvalue weighted by atomic mass is 28.1. The molecule has 0 aliphatic carbocycles. The van der Waals surface area contributed by atoms with E-state index in [0.717, 1.165) is 12.5 Å². The topological polar surface area (TPSA) is 9.23 Å². The van der Waals surface area contributed by atoms with Gasteiger partial charge in [-0.15, -0.1) is 6.58 Å². The van der Waals surface area contributed by atoms with Crippen LogP contribution in [0.15, 0.2) is 12.7 Å². The highest BCUT2D eigenvalue weighted by molar-refractivity contribution is 6.11. The Hall–Kier alpha value is -0.0831. The number of hydrogen-bond donors (Lipinski definition) is 0. The van der Waals surface area contributed by atoms with Crippen molar-refractivity contribution in [2.75, 3.05) is 6.61 Å². The van der Waals surface area contributed by atoms with Gasteiger partial charge in [-0.1, -0.05) is 6.08 Å². The first-order valence-electron chi connectivity index (χ1n) is 4.05. The Kier molecular flexibility index (Phi) is 3.16. The molecule has 0 aromatic carbocycles. The third kappa shape index (κ3) is 2.27. The molecule has 1 heterocycles. The Morgan fingerprint density at radius 1 is 1.70 bits per heavy atom. The second-order valence-corrected chi connectivity index (χ2v) is 4.38. The lowest BCUT2D eigenvalue weighted by molar-refractivity contribution is 0.0397. The first-order valence-corrected chi connectivity index (χ1v) is 5.21. The quantitative estimate of drug-likeness (QED) is 0.422. The molecule has 0 aromatic heterocycles. The molecule has 0 radical (unpaired) electrons. The van der Waals surface area contributed by atoms with Crippen LogP contribution in [0, 0.1) is 5.92 Å². The Labute approximate surface area is 65.9 Å². The molecule has 10 heavy (non-hydrogen) atoms. The molecule has 58 valence electrons. The Balaban J connectivity index is 2.24. The second-order valence-electron chi connectivity index (χ2n) is 3.10. The first kappa shape index (κ1) is 8.02. The number of hydrogen-bond acceptors (Lipinski definition) is 1. The maximum absolute atomic E-state index is 5.48. The fraction of sp³-hybridized carbons (Fsp3) is 0.750. The summed E-state index contributed by atoms with van der Waals surface area (Å²) in [6, 6.07) is 0. The van der Waals surface area contributed by atoms with Gasteiger partial charge in [0.05, 0.1) is 0 Å². The van der Waals surface area contributed by atoms with Crippen molar-refractivity contribution in [3.63, 3.8) is 0 Å². The van der Waals surface area contributed by atoms with Gasteiger partial charge in [0.2, 0.25) is 0 Å². The molecule has 2 unspecified atom stereocenters. The second kappa shape index (κ2) is 3.94. The van der Waals surface area contributed by atoms with Crippen LogP contribution in [0.4, 0.5) is 0 Å². The molecule has 1 saturated heterocycles. The highest BCUT2D eigenvalue weighted by Crippen LogP contribution is 2.21. The van der Waals surface area contributed by atoms with Crippen LogP contribution in [0.3, 0.4) is 0 Å². The summed E-state index contributed by atoms with van der Waals surface area (Å²) < 4.78 is 5.48. The van der Waals surface area contributed by atoms with Crippen molar-refractivity contribution in [2.24, 2.45) is 5.92 Å². The van der Waals surface area contributed by atoms with Crippen LogP contribution in [0.5, 0.6) is 0 Å². The van der Waals surface area contributed by atoms with Gasteiger partial charge in [0.15, 0.2) is 0 Å². The molecule has 1 aliphatic heterocycles. The van der Waals surface area contributed by atoms with Crippen molar-refractivity contribution in [3.8, 4) is 0 Å². The van der Waals surface area contributed by atoms with Gasteiger partial charge in [0.1, 0.15) is 0 Å². The predicted molar refractivity (Wildman–Crippen MR) is 47.2 cm³/mol. The average Bonchev–Trinajstić information content (AvgIpc) is 1.88. The van der Waals surface area contributed by atoms with E-state index in [0.29, 0.717) is 5.73 Å². The minimum atomic E-state index is 0.610. The molecule has 1 fully saturated rings. The summed E-state index contributed by atoms with van der Waals surface area (Å²) in [4.78, 5) is 0. The van der Waals surface area contributed by atoms with Crippen molar-refractivity contribution in [1.29, 1.82) is 0 Å². The lowest BCUT2D eigenvalue weighted by Crippen LogP contribution is -2.25. The molecule has 1 aliphatic rings. The van der Waals surface area contributed by atoms with E-state index in [-0.39, 0.29) is 0 Å². The van der Waals surface area contributed by atoms with Gasteiger partial charge in [-0.25, -0.2) is 0 Å². The summed E-state index contributed by atoms with van der Waals surface area (Å²) >= 11 is 0. The molecular formula is C8H16OSi. The predicted octanol–water partition coefficient (Wildman–Crippen LogP) is 0.681. The molecular weight excluding hydrogens is 140 g/mol. The van der Waals surface area contributed by atoms with Gasteiger partial charge in [-0.05, 0) is 25.2 Å². The maximum atomic E-state index is 5.48.